The van der Waals surface area contributed by atoms with Crippen molar-refractivity contribution >= 4 is 11.7 Å². The molecule has 1 fully saturated rings. The summed E-state index contributed by atoms with van der Waals surface area (Å²) in [7, 11) is 1.77. The van der Waals surface area contributed by atoms with Crippen LogP contribution in [0.1, 0.15) is 46.2 Å². The lowest BCUT2D eigenvalue weighted by molar-refractivity contribution is -0.117. The standard InChI is InChI=1S/C18H21N3O2/c1-11-15(12(2)21(3)20-11)17(22)18(23)19-16(14-9-10-14)13-7-5-4-6-8-13/h4-8,14,16H,9-10H2,1-3H3,(H,19,23). The van der Waals surface area contributed by atoms with Crippen LogP contribution in [-0.4, -0.2) is 21.5 Å². The summed E-state index contributed by atoms with van der Waals surface area (Å²) in [6.07, 6.45) is 2.16. The van der Waals surface area contributed by atoms with E-state index in [1.807, 2.05) is 30.3 Å². The van der Waals surface area contributed by atoms with Gasteiger partial charge in [0.1, 0.15) is 0 Å². The molecule has 23 heavy (non-hydrogen) atoms. The molecular weight excluding hydrogens is 290 g/mol. The Morgan fingerprint density at radius 2 is 1.87 bits per heavy atom. The van der Waals surface area contributed by atoms with Gasteiger partial charge in [0.2, 0.25) is 0 Å². The van der Waals surface area contributed by atoms with Gasteiger partial charge >= 0.3 is 0 Å². The number of Topliss-reactive ketones (excluding diaryl/α,β-unsaturated/α-hetero) is 1. The molecule has 1 N–H and O–H groups in total. The van der Waals surface area contributed by atoms with Crippen molar-refractivity contribution in [3.63, 3.8) is 0 Å². The van der Waals surface area contributed by atoms with Crippen LogP contribution in [0.4, 0.5) is 0 Å². The first-order valence-electron chi connectivity index (χ1n) is 7.89. The molecule has 1 aliphatic rings. The highest BCUT2D eigenvalue weighted by atomic mass is 16.2. The molecule has 120 valence electrons. The van der Waals surface area contributed by atoms with Gasteiger partial charge in [-0.3, -0.25) is 14.3 Å². The van der Waals surface area contributed by atoms with E-state index in [2.05, 4.69) is 10.4 Å². The van der Waals surface area contributed by atoms with E-state index >= 15 is 0 Å². The van der Waals surface area contributed by atoms with Gasteiger partial charge in [-0.25, -0.2) is 0 Å². The maximum atomic E-state index is 12.5. The quantitative estimate of drug-likeness (QED) is 0.681. The van der Waals surface area contributed by atoms with E-state index in [4.69, 9.17) is 0 Å². The minimum absolute atomic E-state index is 0.0927. The SMILES string of the molecule is Cc1nn(C)c(C)c1C(=O)C(=O)NC(c1ccccc1)C1CC1. The van der Waals surface area contributed by atoms with E-state index in [1.54, 1.807) is 25.6 Å². The third-order valence-corrected chi connectivity index (χ3v) is 4.48. The number of nitrogens with one attached hydrogen (secondary N) is 1. The molecule has 5 heteroatoms. The predicted molar refractivity (Wildman–Crippen MR) is 87.1 cm³/mol. The topological polar surface area (TPSA) is 64.0 Å². The van der Waals surface area contributed by atoms with E-state index in [9.17, 15) is 9.59 Å². The van der Waals surface area contributed by atoms with E-state index in [1.165, 1.54) is 0 Å². The van der Waals surface area contributed by atoms with Crippen LogP contribution in [0.25, 0.3) is 0 Å². The molecule has 3 rings (SSSR count). The zero-order chi connectivity index (χ0) is 16.6. The number of amides is 1. The molecule has 1 unspecified atom stereocenters. The molecule has 0 spiro atoms. The van der Waals surface area contributed by atoms with Crippen LogP contribution >= 0.6 is 0 Å². The number of hydrogen-bond donors (Lipinski definition) is 1. The molecule has 1 heterocycles. The molecule has 1 aromatic heterocycles. The van der Waals surface area contributed by atoms with Crippen molar-refractivity contribution in [2.24, 2.45) is 13.0 Å². The maximum Gasteiger partial charge on any atom is 0.293 e. The van der Waals surface area contributed by atoms with Gasteiger partial charge in [0.05, 0.1) is 17.3 Å². The number of hydrogen-bond acceptors (Lipinski definition) is 3. The Balaban J connectivity index is 1.81. The summed E-state index contributed by atoms with van der Waals surface area (Å²) in [5.41, 5.74) is 2.77. The van der Waals surface area contributed by atoms with Gasteiger partial charge < -0.3 is 5.32 Å². The average molecular weight is 311 g/mol. The van der Waals surface area contributed by atoms with Gasteiger partial charge in [-0.1, -0.05) is 30.3 Å². The number of benzene rings is 1. The van der Waals surface area contributed by atoms with Gasteiger partial charge in [-0.2, -0.15) is 5.10 Å². The van der Waals surface area contributed by atoms with Gasteiger partial charge in [0.25, 0.3) is 11.7 Å². The Morgan fingerprint density at radius 1 is 1.22 bits per heavy atom. The molecule has 0 saturated heterocycles. The molecule has 0 aliphatic heterocycles. The number of rotatable bonds is 5. The summed E-state index contributed by atoms with van der Waals surface area (Å²) in [5.74, 6) is -0.634. The smallest absolute Gasteiger partial charge is 0.293 e. The van der Waals surface area contributed by atoms with Gasteiger partial charge in [0, 0.05) is 12.7 Å². The number of carbonyl (C=O) groups excluding carboxylic acids is 2. The highest BCUT2D eigenvalue weighted by molar-refractivity contribution is 6.43. The van der Waals surface area contributed by atoms with Crippen molar-refractivity contribution in [1.29, 1.82) is 0 Å². The van der Waals surface area contributed by atoms with Crippen LogP contribution in [0.2, 0.25) is 0 Å². The van der Waals surface area contributed by atoms with Gasteiger partial charge in [0.15, 0.2) is 0 Å². The largest absolute Gasteiger partial charge is 0.342 e. The summed E-state index contributed by atoms with van der Waals surface area (Å²) in [6, 6.07) is 9.75. The number of nitrogens with zero attached hydrogens (tertiary/aromatic N) is 2. The van der Waals surface area contributed by atoms with Crippen molar-refractivity contribution in [1.82, 2.24) is 15.1 Å². The zero-order valence-electron chi connectivity index (χ0n) is 13.7. The number of ketones is 1. The minimum atomic E-state index is -0.551. The summed E-state index contributed by atoms with van der Waals surface area (Å²) in [4.78, 5) is 25.0. The number of aryl methyl sites for hydroxylation is 2. The van der Waals surface area contributed by atoms with Crippen LogP contribution in [0.5, 0.6) is 0 Å². The van der Waals surface area contributed by atoms with E-state index in [-0.39, 0.29) is 6.04 Å². The fourth-order valence-corrected chi connectivity index (χ4v) is 2.99. The minimum Gasteiger partial charge on any atom is -0.342 e. The van der Waals surface area contributed by atoms with Crippen molar-refractivity contribution in [2.45, 2.75) is 32.7 Å². The van der Waals surface area contributed by atoms with Crippen molar-refractivity contribution in [3.05, 3.63) is 52.8 Å². The second-order valence-electron chi connectivity index (χ2n) is 6.20. The number of aromatic nitrogens is 2. The van der Waals surface area contributed by atoms with E-state index in [0.29, 0.717) is 22.9 Å². The first-order valence-corrected chi connectivity index (χ1v) is 7.89. The third kappa shape index (κ3) is 3.04. The lowest BCUT2D eigenvalue weighted by Gasteiger charge is -2.18. The molecule has 0 bridgehead atoms. The molecule has 1 aliphatic carbocycles. The lowest BCUT2D eigenvalue weighted by Crippen LogP contribution is -2.35. The van der Waals surface area contributed by atoms with Crippen LogP contribution in [0, 0.1) is 19.8 Å². The van der Waals surface area contributed by atoms with E-state index < -0.39 is 11.7 Å². The highest BCUT2D eigenvalue weighted by Crippen LogP contribution is 2.40. The van der Waals surface area contributed by atoms with Crippen molar-refractivity contribution in [3.8, 4) is 0 Å². The van der Waals surface area contributed by atoms with Crippen LogP contribution in [0.3, 0.4) is 0 Å². The fraction of sp³-hybridized carbons (Fsp3) is 0.389. The molecule has 1 amide bonds. The molecule has 5 nitrogen and oxygen atoms in total. The van der Waals surface area contributed by atoms with Crippen molar-refractivity contribution in [2.75, 3.05) is 0 Å². The summed E-state index contributed by atoms with van der Waals surface area (Å²) in [5, 5.41) is 7.15. The van der Waals surface area contributed by atoms with Crippen LogP contribution < -0.4 is 5.32 Å². The summed E-state index contributed by atoms with van der Waals surface area (Å²) >= 11 is 0. The maximum absolute atomic E-state index is 12.5. The lowest BCUT2D eigenvalue weighted by atomic mass is 10.0. The summed E-state index contributed by atoms with van der Waals surface area (Å²) < 4.78 is 1.63. The molecule has 1 saturated carbocycles. The predicted octanol–water partition coefficient (Wildman–Crippen LogP) is 2.49. The Hall–Kier alpha value is -2.43. The molecular formula is C18H21N3O2. The number of carbonyl (C=O) groups is 2. The second-order valence-corrected chi connectivity index (χ2v) is 6.20. The molecule has 1 atom stereocenters. The Morgan fingerprint density at radius 3 is 2.39 bits per heavy atom. The van der Waals surface area contributed by atoms with Crippen molar-refractivity contribution < 1.29 is 9.59 Å². The van der Waals surface area contributed by atoms with Crippen LogP contribution in [-0.2, 0) is 11.8 Å². The fourth-order valence-electron chi connectivity index (χ4n) is 2.99. The Kier molecular flexibility index (Phi) is 4.03. The second kappa shape index (κ2) is 5.99. The van der Waals surface area contributed by atoms with Crippen LogP contribution in [0.15, 0.2) is 30.3 Å². The molecule has 2 aromatic rings. The normalized spacial score (nSPS) is 15.3. The van der Waals surface area contributed by atoms with Gasteiger partial charge in [-0.05, 0) is 38.2 Å². The Labute approximate surface area is 135 Å². The molecule has 1 aromatic carbocycles. The highest BCUT2D eigenvalue weighted by Gasteiger charge is 2.35. The van der Waals surface area contributed by atoms with E-state index in [0.717, 1.165) is 18.4 Å². The Bertz CT molecular complexity index is 745. The first kappa shape index (κ1) is 15.5. The monoisotopic (exact) mass is 311 g/mol. The first-order chi connectivity index (χ1) is 11.0. The summed E-state index contributed by atoms with van der Waals surface area (Å²) in [6.45, 7) is 3.55. The third-order valence-electron chi connectivity index (χ3n) is 4.48. The molecule has 0 radical (unpaired) electrons. The zero-order valence-corrected chi connectivity index (χ0v) is 13.7. The van der Waals surface area contributed by atoms with Gasteiger partial charge in [-0.15, -0.1) is 0 Å². The average Bonchev–Trinajstić information content (AvgIpc) is 3.33.